The summed E-state index contributed by atoms with van der Waals surface area (Å²) in [5, 5.41) is 5.60. The van der Waals surface area contributed by atoms with Crippen molar-refractivity contribution in [3.05, 3.63) is 35.5 Å². The molecule has 1 aliphatic heterocycles. The van der Waals surface area contributed by atoms with Gasteiger partial charge < -0.3 is 10.2 Å². The molecule has 110 valence electrons. The van der Waals surface area contributed by atoms with Crippen LogP contribution in [-0.2, 0) is 0 Å². The van der Waals surface area contributed by atoms with E-state index in [4.69, 9.17) is 11.6 Å². The molecule has 3 nitrogen and oxygen atoms in total. The lowest BCUT2D eigenvalue weighted by atomic mass is 10.0. The van der Waals surface area contributed by atoms with Crippen LogP contribution in [0, 0.1) is 0 Å². The third-order valence-electron chi connectivity index (χ3n) is 4.51. The number of hydrogen-bond acceptors (Lipinski definition) is 3. The molecular formula is C17H20ClN3. The maximum atomic E-state index is 6.30. The summed E-state index contributed by atoms with van der Waals surface area (Å²) in [6.45, 7) is 2.18. The Morgan fingerprint density at radius 1 is 1.14 bits per heavy atom. The maximum absolute atomic E-state index is 6.30. The first kappa shape index (κ1) is 13.4. The van der Waals surface area contributed by atoms with Gasteiger partial charge in [-0.3, -0.25) is 4.98 Å². The zero-order chi connectivity index (χ0) is 14.2. The van der Waals surface area contributed by atoms with Gasteiger partial charge in [-0.2, -0.15) is 0 Å². The number of nitrogens with zero attached hydrogens (tertiary/aromatic N) is 2. The van der Waals surface area contributed by atoms with E-state index in [0.29, 0.717) is 6.04 Å². The Hall–Kier alpha value is -1.32. The molecule has 0 spiro atoms. The van der Waals surface area contributed by atoms with Crippen molar-refractivity contribution in [3.63, 3.8) is 0 Å². The molecule has 0 amide bonds. The molecule has 21 heavy (non-hydrogen) atoms. The molecule has 2 aromatic rings. The van der Waals surface area contributed by atoms with Crippen LogP contribution >= 0.6 is 11.6 Å². The first-order valence-electron chi connectivity index (χ1n) is 7.85. The summed E-state index contributed by atoms with van der Waals surface area (Å²) >= 11 is 6.30. The molecule has 1 aliphatic carbocycles. The Bertz CT molecular complexity index is 654. The van der Waals surface area contributed by atoms with Gasteiger partial charge in [0, 0.05) is 36.8 Å². The van der Waals surface area contributed by atoms with E-state index in [-0.39, 0.29) is 0 Å². The molecule has 1 saturated heterocycles. The monoisotopic (exact) mass is 301 g/mol. The molecule has 2 aliphatic rings. The number of benzene rings is 1. The number of aromatic nitrogens is 1. The van der Waals surface area contributed by atoms with Crippen molar-refractivity contribution in [3.8, 4) is 0 Å². The average molecular weight is 302 g/mol. The fraction of sp³-hybridized carbons (Fsp3) is 0.471. The summed E-state index contributed by atoms with van der Waals surface area (Å²) in [4.78, 5) is 7.04. The highest BCUT2D eigenvalue weighted by atomic mass is 35.5. The third kappa shape index (κ3) is 2.72. The van der Waals surface area contributed by atoms with E-state index >= 15 is 0 Å². The molecular weight excluding hydrogens is 282 g/mol. The van der Waals surface area contributed by atoms with Crippen LogP contribution in [0.1, 0.15) is 25.7 Å². The van der Waals surface area contributed by atoms with Crippen molar-refractivity contribution in [1.82, 2.24) is 10.3 Å². The molecule has 2 heterocycles. The minimum Gasteiger partial charge on any atom is -0.368 e. The summed E-state index contributed by atoms with van der Waals surface area (Å²) in [5.74, 6) is 0. The molecule has 1 saturated carbocycles. The maximum Gasteiger partial charge on any atom is 0.0950 e. The van der Waals surface area contributed by atoms with Gasteiger partial charge in [-0.25, -0.2) is 0 Å². The van der Waals surface area contributed by atoms with Crippen molar-refractivity contribution in [2.24, 2.45) is 0 Å². The van der Waals surface area contributed by atoms with Gasteiger partial charge in [-0.15, -0.1) is 0 Å². The minimum atomic E-state index is 0.612. The number of fused-ring (bicyclic) bond motifs is 1. The number of rotatable bonds is 3. The molecule has 1 N–H and O–H groups in total. The Labute approximate surface area is 130 Å². The normalized spacial score (nSPS) is 22.7. The first-order chi connectivity index (χ1) is 10.3. The van der Waals surface area contributed by atoms with Crippen LogP contribution in [0.5, 0.6) is 0 Å². The SMILES string of the molecule is Clc1ccc(N2CCCC(NC3CC3)C2)c2ncccc12. The summed E-state index contributed by atoms with van der Waals surface area (Å²) in [5.41, 5.74) is 2.24. The molecule has 1 aromatic heterocycles. The molecule has 0 bridgehead atoms. The van der Waals surface area contributed by atoms with Gasteiger partial charge in [-0.05, 0) is 49.9 Å². The summed E-state index contributed by atoms with van der Waals surface area (Å²) in [6.07, 6.45) is 7.07. The third-order valence-corrected chi connectivity index (χ3v) is 4.84. The molecule has 1 atom stereocenters. The summed E-state index contributed by atoms with van der Waals surface area (Å²) in [7, 11) is 0. The number of hydrogen-bond donors (Lipinski definition) is 1. The Morgan fingerprint density at radius 3 is 2.90 bits per heavy atom. The largest absolute Gasteiger partial charge is 0.368 e. The zero-order valence-corrected chi connectivity index (χ0v) is 12.8. The van der Waals surface area contributed by atoms with Gasteiger partial charge >= 0.3 is 0 Å². The van der Waals surface area contributed by atoms with Gasteiger partial charge in [0.2, 0.25) is 0 Å². The highest BCUT2D eigenvalue weighted by Crippen LogP contribution is 2.32. The van der Waals surface area contributed by atoms with Crippen molar-refractivity contribution in [2.75, 3.05) is 18.0 Å². The van der Waals surface area contributed by atoms with Crippen LogP contribution in [0.4, 0.5) is 5.69 Å². The highest BCUT2D eigenvalue weighted by molar-refractivity contribution is 6.35. The van der Waals surface area contributed by atoms with E-state index in [0.717, 1.165) is 35.1 Å². The van der Waals surface area contributed by atoms with E-state index in [1.807, 2.05) is 18.3 Å². The first-order valence-corrected chi connectivity index (χ1v) is 8.23. The fourth-order valence-electron chi connectivity index (χ4n) is 3.29. The van der Waals surface area contributed by atoms with Gasteiger partial charge in [-0.1, -0.05) is 11.6 Å². The number of anilines is 1. The lowest BCUT2D eigenvalue weighted by Gasteiger charge is -2.35. The Morgan fingerprint density at radius 2 is 2.05 bits per heavy atom. The molecule has 2 fully saturated rings. The lowest BCUT2D eigenvalue weighted by molar-refractivity contribution is 0.421. The number of piperidine rings is 1. The molecule has 4 rings (SSSR count). The van der Waals surface area contributed by atoms with E-state index in [1.165, 1.54) is 31.4 Å². The van der Waals surface area contributed by atoms with Gasteiger partial charge in [0.05, 0.1) is 16.2 Å². The highest BCUT2D eigenvalue weighted by Gasteiger charge is 2.28. The minimum absolute atomic E-state index is 0.612. The van der Waals surface area contributed by atoms with Crippen LogP contribution in [0.3, 0.4) is 0 Å². The quantitative estimate of drug-likeness (QED) is 0.939. The Balaban J connectivity index is 1.64. The van der Waals surface area contributed by atoms with Crippen LogP contribution in [0.15, 0.2) is 30.5 Å². The summed E-state index contributed by atoms with van der Waals surface area (Å²) < 4.78 is 0. The second-order valence-electron chi connectivity index (χ2n) is 6.19. The van der Waals surface area contributed by atoms with Gasteiger partial charge in [0.1, 0.15) is 0 Å². The number of pyridine rings is 1. The van der Waals surface area contributed by atoms with Crippen LogP contribution in [0.25, 0.3) is 10.9 Å². The van der Waals surface area contributed by atoms with Crippen molar-refractivity contribution >= 4 is 28.2 Å². The molecule has 4 heteroatoms. The van der Waals surface area contributed by atoms with E-state index < -0.39 is 0 Å². The van der Waals surface area contributed by atoms with E-state index in [1.54, 1.807) is 0 Å². The van der Waals surface area contributed by atoms with E-state index in [2.05, 4.69) is 27.3 Å². The molecule has 1 unspecified atom stereocenters. The number of nitrogens with one attached hydrogen (secondary N) is 1. The molecule has 0 radical (unpaired) electrons. The standard InChI is InChI=1S/C17H20ClN3/c18-15-7-8-16(17-14(15)4-1-9-19-17)21-10-2-3-13(11-21)20-12-5-6-12/h1,4,7-9,12-13,20H,2-3,5-6,10-11H2. The number of halogens is 1. The smallest absolute Gasteiger partial charge is 0.0950 e. The predicted molar refractivity (Wildman–Crippen MR) is 88.1 cm³/mol. The topological polar surface area (TPSA) is 28.2 Å². The van der Waals surface area contributed by atoms with Gasteiger partial charge in [0.15, 0.2) is 0 Å². The lowest BCUT2D eigenvalue weighted by Crippen LogP contribution is -2.46. The fourth-order valence-corrected chi connectivity index (χ4v) is 3.51. The zero-order valence-electron chi connectivity index (χ0n) is 12.1. The van der Waals surface area contributed by atoms with Crippen LogP contribution in [0.2, 0.25) is 5.02 Å². The Kier molecular flexibility index (Phi) is 3.48. The summed E-state index contributed by atoms with van der Waals surface area (Å²) in [6, 6.07) is 9.51. The molecule has 1 aromatic carbocycles. The average Bonchev–Trinajstić information content (AvgIpc) is 3.32. The van der Waals surface area contributed by atoms with Crippen LogP contribution < -0.4 is 10.2 Å². The van der Waals surface area contributed by atoms with Crippen LogP contribution in [-0.4, -0.2) is 30.2 Å². The van der Waals surface area contributed by atoms with E-state index in [9.17, 15) is 0 Å². The van der Waals surface area contributed by atoms with Crippen molar-refractivity contribution < 1.29 is 0 Å². The second-order valence-corrected chi connectivity index (χ2v) is 6.60. The van der Waals surface area contributed by atoms with Gasteiger partial charge in [0.25, 0.3) is 0 Å². The second kappa shape index (κ2) is 5.47. The predicted octanol–water partition coefficient (Wildman–Crippen LogP) is 3.61. The van der Waals surface area contributed by atoms with Crippen molar-refractivity contribution in [1.29, 1.82) is 0 Å². The van der Waals surface area contributed by atoms with Crippen molar-refractivity contribution in [2.45, 2.75) is 37.8 Å².